The fraction of sp³-hybridized carbons (Fsp3) is 0.400. The molecule has 0 saturated carbocycles. The summed E-state index contributed by atoms with van der Waals surface area (Å²) in [5.74, 6) is -0.875. The number of rotatable bonds is 5. The first kappa shape index (κ1) is 13.6. The number of benzene rings is 1. The molecule has 2 rings (SSSR count). The van der Waals surface area contributed by atoms with Crippen molar-refractivity contribution in [3.63, 3.8) is 0 Å². The summed E-state index contributed by atoms with van der Waals surface area (Å²) in [6, 6.07) is 3.55. The van der Waals surface area contributed by atoms with Crippen molar-refractivity contribution in [2.24, 2.45) is 5.73 Å². The van der Waals surface area contributed by atoms with Crippen LogP contribution in [0.3, 0.4) is 0 Å². The normalized spacial score (nSPS) is 11.1. The Bertz CT molecular complexity index is 614. The Kier molecular flexibility index (Phi) is 3.90. The van der Waals surface area contributed by atoms with Crippen molar-refractivity contribution in [2.75, 3.05) is 6.54 Å². The van der Waals surface area contributed by atoms with Crippen LogP contribution in [0.2, 0.25) is 0 Å². The molecule has 2 aromatic rings. The Hall–Kier alpha value is -1.81. The standard InChI is InChI=1S/C15H20N2O2/c1-3-10-7-12(15(18)19)8-13-11(5-6-16)9-17(4-2)14(10)13/h7-9H,3-6,16H2,1-2H3,(H,18,19). The SMILES string of the molecule is CCc1cc(C(=O)O)cc2c(CCN)cn(CC)c12. The molecule has 0 bridgehead atoms. The average molecular weight is 260 g/mol. The van der Waals surface area contributed by atoms with E-state index in [0.29, 0.717) is 12.1 Å². The van der Waals surface area contributed by atoms with Gasteiger partial charge in [0.1, 0.15) is 0 Å². The largest absolute Gasteiger partial charge is 0.478 e. The highest BCUT2D eigenvalue weighted by Gasteiger charge is 2.14. The first-order valence-corrected chi connectivity index (χ1v) is 6.70. The third-order valence-electron chi connectivity index (χ3n) is 3.52. The summed E-state index contributed by atoms with van der Waals surface area (Å²) < 4.78 is 2.19. The Morgan fingerprint density at radius 3 is 2.58 bits per heavy atom. The fourth-order valence-electron chi connectivity index (χ4n) is 2.60. The number of fused-ring (bicyclic) bond motifs is 1. The van der Waals surface area contributed by atoms with E-state index in [9.17, 15) is 9.90 Å². The van der Waals surface area contributed by atoms with Crippen molar-refractivity contribution in [1.82, 2.24) is 4.57 Å². The first-order valence-electron chi connectivity index (χ1n) is 6.70. The van der Waals surface area contributed by atoms with Gasteiger partial charge in [-0.3, -0.25) is 0 Å². The molecule has 0 unspecified atom stereocenters. The molecule has 0 radical (unpaired) electrons. The molecule has 1 heterocycles. The molecule has 0 aliphatic heterocycles. The van der Waals surface area contributed by atoms with Crippen LogP contribution in [-0.4, -0.2) is 22.2 Å². The fourth-order valence-corrected chi connectivity index (χ4v) is 2.60. The van der Waals surface area contributed by atoms with E-state index in [4.69, 9.17) is 5.73 Å². The summed E-state index contributed by atoms with van der Waals surface area (Å²) in [4.78, 5) is 11.2. The first-order chi connectivity index (χ1) is 9.12. The van der Waals surface area contributed by atoms with Crippen LogP contribution < -0.4 is 5.73 Å². The monoisotopic (exact) mass is 260 g/mol. The quantitative estimate of drug-likeness (QED) is 0.867. The molecule has 0 amide bonds. The van der Waals surface area contributed by atoms with Crippen LogP contribution in [-0.2, 0) is 19.4 Å². The lowest BCUT2D eigenvalue weighted by atomic mass is 10.0. The van der Waals surface area contributed by atoms with E-state index < -0.39 is 5.97 Å². The summed E-state index contributed by atoms with van der Waals surface area (Å²) in [6.07, 6.45) is 3.70. The minimum Gasteiger partial charge on any atom is -0.478 e. The average Bonchev–Trinajstić information content (AvgIpc) is 2.76. The van der Waals surface area contributed by atoms with Crippen molar-refractivity contribution in [3.05, 3.63) is 35.0 Å². The highest BCUT2D eigenvalue weighted by molar-refractivity contribution is 5.96. The van der Waals surface area contributed by atoms with Gasteiger partial charge >= 0.3 is 5.97 Å². The van der Waals surface area contributed by atoms with Gasteiger partial charge < -0.3 is 15.4 Å². The summed E-state index contributed by atoms with van der Waals surface area (Å²) >= 11 is 0. The van der Waals surface area contributed by atoms with Gasteiger partial charge in [0.05, 0.1) is 11.1 Å². The van der Waals surface area contributed by atoms with Crippen LogP contribution >= 0.6 is 0 Å². The molecule has 19 heavy (non-hydrogen) atoms. The molecule has 102 valence electrons. The lowest BCUT2D eigenvalue weighted by Gasteiger charge is -2.08. The Balaban J connectivity index is 2.78. The van der Waals surface area contributed by atoms with Gasteiger partial charge in [-0.25, -0.2) is 4.79 Å². The predicted octanol–water partition coefficient (Wildman–Crippen LogP) is 2.42. The lowest BCUT2D eigenvalue weighted by Crippen LogP contribution is -2.02. The van der Waals surface area contributed by atoms with E-state index in [0.717, 1.165) is 41.4 Å². The number of aryl methyl sites for hydroxylation is 2. The number of carboxylic acid groups (broad SMARTS) is 1. The second kappa shape index (κ2) is 5.45. The summed E-state index contributed by atoms with van der Waals surface area (Å²) in [6.45, 7) is 5.59. The number of nitrogens with zero attached hydrogens (tertiary/aromatic N) is 1. The number of aromatic nitrogens is 1. The molecule has 0 spiro atoms. The highest BCUT2D eigenvalue weighted by atomic mass is 16.4. The second-order valence-corrected chi connectivity index (χ2v) is 4.67. The van der Waals surface area contributed by atoms with E-state index in [2.05, 4.69) is 24.6 Å². The lowest BCUT2D eigenvalue weighted by molar-refractivity contribution is 0.0697. The minimum absolute atomic E-state index is 0.358. The molecule has 0 saturated heterocycles. The molecular weight excluding hydrogens is 240 g/mol. The molecule has 1 aromatic heterocycles. The van der Waals surface area contributed by atoms with Crippen molar-refractivity contribution in [1.29, 1.82) is 0 Å². The van der Waals surface area contributed by atoms with Gasteiger partial charge in [-0.15, -0.1) is 0 Å². The summed E-state index contributed by atoms with van der Waals surface area (Å²) in [7, 11) is 0. The maximum atomic E-state index is 11.2. The number of hydrogen-bond donors (Lipinski definition) is 2. The van der Waals surface area contributed by atoms with Crippen LogP contribution in [0.5, 0.6) is 0 Å². The van der Waals surface area contributed by atoms with Gasteiger partial charge in [-0.05, 0) is 49.6 Å². The van der Waals surface area contributed by atoms with Crippen LogP contribution in [0.1, 0.15) is 35.3 Å². The van der Waals surface area contributed by atoms with Crippen LogP contribution in [0.25, 0.3) is 10.9 Å². The molecule has 3 N–H and O–H groups in total. The van der Waals surface area contributed by atoms with E-state index in [1.54, 1.807) is 12.1 Å². The smallest absolute Gasteiger partial charge is 0.335 e. The zero-order chi connectivity index (χ0) is 14.0. The molecule has 0 aliphatic carbocycles. The number of aromatic carboxylic acids is 1. The number of carboxylic acids is 1. The summed E-state index contributed by atoms with van der Waals surface area (Å²) in [5, 5.41) is 10.2. The van der Waals surface area contributed by atoms with Gasteiger partial charge in [-0.2, -0.15) is 0 Å². The third-order valence-corrected chi connectivity index (χ3v) is 3.52. The van der Waals surface area contributed by atoms with Gasteiger partial charge in [-0.1, -0.05) is 6.92 Å². The molecular formula is C15H20N2O2. The highest BCUT2D eigenvalue weighted by Crippen LogP contribution is 2.27. The Morgan fingerprint density at radius 2 is 2.05 bits per heavy atom. The predicted molar refractivity (Wildman–Crippen MR) is 76.7 cm³/mol. The van der Waals surface area contributed by atoms with Crippen molar-refractivity contribution < 1.29 is 9.90 Å². The van der Waals surface area contributed by atoms with Crippen molar-refractivity contribution in [3.8, 4) is 0 Å². The zero-order valence-corrected chi connectivity index (χ0v) is 11.4. The van der Waals surface area contributed by atoms with Gasteiger partial charge in [0.25, 0.3) is 0 Å². The van der Waals surface area contributed by atoms with Crippen molar-refractivity contribution >= 4 is 16.9 Å². The number of nitrogens with two attached hydrogens (primary N) is 1. The van der Waals surface area contributed by atoms with E-state index in [-0.39, 0.29) is 0 Å². The third kappa shape index (κ3) is 2.36. The molecule has 4 nitrogen and oxygen atoms in total. The van der Waals surface area contributed by atoms with Gasteiger partial charge in [0.15, 0.2) is 0 Å². The molecule has 0 atom stereocenters. The Morgan fingerprint density at radius 1 is 1.32 bits per heavy atom. The maximum absolute atomic E-state index is 11.2. The summed E-state index contributed by atoms with van der Waals surface area (Å²) in [5.41, 5.74) is 9.37. The van der Waals surface area contributed by atoms with Crippen LogP contribution in [0.4, 0.5) is 0 Å². The Labute approximate surface area is 112 Å². The van der Waals surface area contributed by atoms with E-state index >= 15 is 0 Å². The van der Waals surface area contributed by atoms with E-state index in [1.807, 2.05) is 0 Å². The topological polar surface area (TPSA) is 68.2 Å². The molecule has 0 aliphatic rings. The minimum atomic E-state index is -0.875. The number of hydrogen-bond acceptors (Lipinski definition) is 2. The van der Waals surface area contributed by atoms with Crippen LogP contribution in [0.15, 0.2) is 18.3 Å². The second-order valence-electron chi connectivity index (χ2n) is 4.67. The maximum Gasteiger partial charge on any atom is 0.335 e. The van der Waals surface area contributed by atoms with Crippen LogP contribution in [0, 0.1) is 0 Å². The van der Waals surface area contributed by atoms with Crippen molar-refractivity contribution in [2.45, 2.75) is 33.2 Å². The zero-order valence-electron chi connectivity index (χ0n) is 11.4. The van der Waals surface area contributed by atoms with Gasteiger partial charge in [0, 0.05) is 18.1 Å². The molecule has 1 aromatic carbocycles. The number of carbonyl (C=O) groups is 1. The van der Waals surface area contributed by atoms with Gasteiger partial charge in [0.2, 0.25) is 0 Å². The molecule has 0 fully saturated rings. The van der Waals surface area contributed by atoms with E-state index in [1.165, 1.54) is 0 Å². The molecule has 4 heteroatoms.